The maximum atomic E-state index is 4.43. The topological polar surface area (TPSA) is 29.9 Å². The Balaban J connectivity index is 1.75. The smallest absolute Gasteiger partial charge is 0.0739 e. The molecule has 3 nitrogen and oxygen atoms in total. The van der Waals surface area contributed by atoms with Crippen LogP contribution in [0.2, 0.25) is 0 Å². The molecule has 1 aromatic heterocycles. The van der Waals surface area contributed by atoms with E-state index in [1.54, 1.807) is 0 Å². The van der Waals surface area contributed by atoms with E-state index in [1.807, 2.05) is 18.7 Å². The van der Waals surface area contributed by atoms with Crippen LogP contribution in [0.15, 0.2) is 4.47 Å². The van der Waals surface area contributed by atoms with Crippen molar-refractivity contribution in [2.75, 3.05) is 6.54 Å². The molecule has 0 aliphatic heterocycles. The zero-order valence-corrected chi connectivity index (χ0v) is 14.0. The van der Waals surface area contributed by atoms with E-state index in [1.165, 1.54) is 37.8 Å². The number of hydrogen-bond acceptors (Lipinski definition) is 2. The summed E-state index contributed by atoms with van der Waals surface area (Å²) in [4.78, 5) is 0. The molecule has 19 heavy (non-hydrogen) atoms. The molecule has 2 rings (SSSR count). The molecule has 1 aliphatic rings. The summed E-state index contributed by atoms with van der Waals surface area (Å²) < 4.78 is 3.12. The van der Waals surface area contributed by atoms with Crippen LogP contribution in [-0.4, -0.2) is 16.3 Å². The van der Waals surface area contributed by atoms with Gasteiger partial charge in [-0.1, -0.05) is 26.2 Å². The highest BCUT2D eigenvalue weighted by molar-refractivity contribution is 9.10. The lowest BCUT2D eigenvalue weighted by atomic mass is 9.81. The minimum Gasteiger partial charge on any atom is -0.311 e. The molecule has 1 fully saturated rings. The zero-order chi connectivity index (χ0) is 13.8. The lowest BCUT2D eigenvalue weighted by molar-refractivity contribution is 0.262. The molecule has 0 unspecified atom stereocenters. The molecule has 1 heterocycles. The van der Waals surface area contributed by atoms with E-state index in [2.05, 4.69) is 33.3 Å². The van der Waals surface area contributed by atoms with Crippen molar-refractivity contribution < 1.29 is 0 Å². The molecule has 1 saturated carbocycles. The minimum absolute atomic E-state index is 0.871. The predicted octanol–water partition coefficient (Wildman–Crippen LogP) is 3.80. The summed E-state index contributed by atoms with van der Waals surface area (Å²) in [7, 11) is 2.02. The summed E-state index contributed by atoms with van der Waals surface area (Å²) in [6.45, 7) is 6.42. The van der Waals surface area contributed by atoms with Gasteiger partial charge in [-0.3, -0.25) is 4.68 Å². The number of aryl methyl sites for hydroxylation is 2. The van der Waals surface area contributed by atoms with Crippen molar-refractivity contribution in [1.29, 1.82) is 0 Å². The first-order chi connectivity index (χ1) is 9.11. The van der Waals surface area contributed by atoms with Crippen LogP contribution in [0.3, 0.4) is 0 Å². The molecule has 1 aromatic rings. The summed E-state index contributed by atoms with van der Waals surface area (Å²) >= 11 is 3.62. The van der Waals surface area contributed by atoms with Crippen LogP contribution < -0.4 is 5.32 Å². The zero-order valence-electron chi connectivity index (χ0n) is 12.4. The molecule has 1 aliphatic carbocycles. The molecule has 4 heteroatoms. The largest absolute Gasteiger partial charge is 0.311 e. The van der Waals surface area contributed by atoms with Crippen molar-refractivity contribution in [1.82, 2.24) is 15.1 Å². The fraction of sp³-hybridized carbons (Fsp3) is 0.800. The fourth-order valence-electron chi connectivity index (χ4n) is 3.11. The van der Waals surface area contributed by atoms with Crippen LogP contribution in [0.4, 0.5) is 0 Å². The fourth-order valence-corrected chi connectivity index (χ4v) is 3.59. The Kier molecular flexibility index (Phi) is 5.46. The quantitative estimate of drug-likeness (QED) is 0.891. The van der Waals surface area contributed by atoms with E-state index >= 15 is 0 Å². The first-order valence-corrected chi connectivity index (χ1v) is 8.29. The van der Waals surface area contributed by atoms with Crippen molar-refractivity contribution in [2.45, 2.75) is 52.5 Å². The molecule has 1 N–H and O–H groups in total. The molecule has 0 amide bonds. The van der Waals surface area contributed by atoms with Gasteiger partial charge in [0.25, 0.3) is 0 Å². The molecule has 0 aromatic carbocycles. The van der Waals surface area contributed by atoms with Crippen LogP contribution in [0, 0.1) is 18.8 Å². The second-order valence-corrected chi connectivity index (χ2v) is 6.69. The van der Waals surface area contributed by atoms with Gasteiger partial charge in [0.1, 0.15) is 0 Å². The van der Waals surface area contributed by atoms with Crippen LogP contribution in [0.1, 0.15) is 50.4 Å². The number of hydrogen-bond donors (Lipinski definition) is 1. The van der Waals surface area contributed by atoms with E-state index in [0.29, 0.717) is 0 Å². The third-order valence-electron chi connectivity index (χ3n) is 4.53. The number of nitrogens with zero attached hydrogens (tertiary/aromatic N) is 2. The van der Waals surface area contributed by atoms with Gasteiger partial charge in [0.2, 0.25) is 0 Å². The summed E-state index contributed by atoms with van der Waals surface area (Å²) in [5.41, 5.74) is 2.32. The highest BCUT2D eigenvalue weighted by atomic mass is 79.9. The first-order valence-electron chi connectivity index (χ1n) is 7.50. The van der Waals surface area contributed by atoms with Crippen molar-refractivity contribution in [3.05, 3.63) is 15.9 Å². The predicted molar refractivity (Wildman–Crippen MR) is 83.1 cm³/mol. The van der Waals surface area contributed by atoms with Gasteiger partial charge < -0.3 is 5.32 Å². The Labute approximate surface area is 125 Å². The lowest BCUT2D eigenvalue weighted by Crippen LogP contribution is -2.27. The lowest BCUT2D eigenvalue weighted by Gasteiger charge is -2.27. The van der Waals surface area contributed by atoms with Gasteiger partial charge in [0.15, 0.2) is 0 Å². The van der Waals surface area contributed by atoms with Gasteiger partial charge in [-0.2, -0.15) is 5.10 Å². The Morgan fingerprint density at radius 1 is 1.26 bits per heavy atom. The molecule has 0 bridgehead atoms. The van der Waals surface area contributed by atoms with Gasteiger partial charge >= 0.3 is 0 Å². The van der Waals surface area contributed by atoms with Gasteiger partial charge in [0, 0.05) is 13.6 Å². The molecular weight excluding hydrogens is 302 g/mol. The Morgan fingerprint density at radius 3 is 2.42 bits per heavy atom. The SMILES string of the molecule is CCC1CCC(CNCc2c(Br)c(C)nn2C)CC1. The molecule has 108 valence electrons. The highest BCUT2D eigenvalue weighted by Crippen LogP contribution is 2.30. The van der Waals surface area contributed by atoms with Crippen LogP contribution >= 0.6 is 15.9 Å². The molecular formula is C15H26BrN3. The van der Waals surface area contributed by atoms with Crippen molar-refractivity contribution >= 4 is 15.9 Å². The van der Waals surface area contributed by atoms with Crippen LogP contribution in [-0.2, 0) is 13.6 Å². The van der Waals surface area contributed by atoms with Crippen LogP contribution in [0.5, 0.6) is 0 Å². The summed E-state index contributed by atoms with van der Waals surface area (Å²) in [6, 6.07) is 0. The van der Waals surface area contributed by atoms with E-state index in [0.717, 1.165) is 35.1 Å². The number of rotatable bonds is 5. The Bertz CT molecular complexity index is 406. The van der Waals surface area contributed by atoms with Crippen molar-refractivity contribution in [3.8, 4) is 0 Å². The molecule has 0 saturated heterocycles. The number of halogens is 1. The normalized spacial score (nSPS) is 23.8. The Morgan fingerprint density at radius 2 is 1.89 bits per heavy atom. The van der Waals surface area contributed by atoms with E-state index < -0.39 is 0 Å². The van der Waals surface area contributed by atoms with E-state index in [9.17, 15) is 0 Å². The van der Waals surface area contributed by atoms with E-state index in [4.69, 9.17) is 0 Å². The average Bonchev–Trinajstić information content (AvgIpc) is 2.66. The maximum absolute atomic E-state index is 4.43. The molecule has 0 radical (unpaired) electrons. The van der Waals surface area contributed by atoms with Gasteiger partial charge in [-0.05, 0) is 54.1 Å². The standard InChI is InChI=1S/C15H26BrN3/c1-4-12-5-7-13(8-6-12)9-17-10-14-15(16)11(2)18-19(14)3/h12-13,17H,4-10H2,1-3H3. The second kappa shape index (κ2) is 6.89. The average molecular weight is 328 g/mol. The monoisotopic (exact) mass is 327 g/mol. The summed E-state index contributed by atoms with van der Waals surface area (Å²) in [5, 5.41) is 8.04. The van der Waals surface area contributed by atoms with Gasteiger partial charge in [0.05, 0.1) is 15.9 Å². The highest BCUT2D eigenvalue weighted by Gasteiger charge is 2.19. The second-order valence-electron chi connectivity index (χ2n) is 5.90. The molecule has 0 atom stereocenters. The maximum Gasteiger partial charge on any atom is 0.0739 e. The van der Waals surface area contributed by atoms with Gasteiger partial charge in [-0.25, -0.2) is 0 Å². The third kappa shape index (κ3) is 3.82. The summed E-state index contributed by atoms with van der Waals surface area (Å²) in [5.74, 6) is 1.86. The van der Waals surface area contributed by atoms with Crippen LogP contribution in [0.25, 0.3) is 0 Å². The summed E-state index contributed by atoms with van der Waals surface area (Å²) in [6.07, 6.45) is 7.02. The number of aromatic nitrogens is 2. The third-order valence-corrected chi connectivity index (χ3v) is 5.56. The molecule has 0 spiro atoms. The van der Waals surface area contributed by atoms with Gasteiger partial charge in [-0.15, -0.1) is 0 Å². The van der Waals surface area contributed by atoms with Crippen molar-refractivity contribution in [3.63, 3.8) is 0 Å². The van der Waals surface area contributed by atoms with Crippen molar-refractivity contribution in [2.24, 2.45) is 18.9 Å². The minimum atomic E-state index is 0.871. The number of nitrogens with one attached hydrogen (secondary N) is 1. The Hall–Kier alpha value is -0.350. The first kappa shape index (κ1) is 15.0. The van der Waals surface area contributed by atoms with E-state index in [-0.39, 0.29) is 0 Å².